The van der Waals surface area contributed by atoms with E-state index in [0.717, 1.165) is 17.0 Å². The summed E-state index contributed by atoms with van der Waals surface area (Å²) in [6.07, 6.45) is 2.28. The van der Waals surface area contributed by atoms with Gasteiger partial charge < -0.3 is 9.84 Å². The third kappa shape index (κ3) is 3.61. The Hall–Kier alpha value is -1.81. The Morgan fingerprint density at radius 3 is 2.45 bits per heavy atom. The molecule has 0 saturated heterocycles. The third-order valence-corrected chi connectivity index (χ3v) is 3.23. The minimum Gasteiger partial charge on any atom is -0.487 e. The van der Waals surface area contributed by atoms with E-state index in [-0.39, 0.29) is 0 Å². The fourth-order valence-electron chi connectivity index (χ4n) is 1.92. The summed E-state index contributed by atoms with van der Waals surface area (Å²) in [5.41, 5.74) is 1.83. The van der Waals surface area contributed by atoms with Gasteiger partial charge in [0, 0.05) is 12.2 Å². The molecular formula is C16H22N2O2. The molecule has 0 bridgehead atoms. The van der Waals surface area contributed by atoms with E-state index >= 15 is 0 Å². The lowest BCUT2D eigenvalue weighted by molar-refractivity contribution is 0.173. The molecule has 4 heteroatoms. The van der Waals surface area contributed by atoms with Crippen LogP contribution in [-0.4, -0.2) is 14.9 Å². The van der Waals surface area contributed by atoms with Crippen molar-refractivity contribution < 1.29 is 9.84 Å². The molecule has 0 spiro atoms. The molecule has 0 saturated carbocycles. The van der Waals surface area contributed by atoms with Crippen molar-refractivity contribution >= 4 is 0 Å². The smallest absolute Gasteiger partial charge is 0.132 e. The number of hydrogen-bond donors (Lipinski definition) is 1. The molecule has 0 aliphatic rings. The van der Waals surface area contributed by atoms with Crippen LogP contribution >= 0.6 is 0 Å². The maximum atomic E-state index is 9.73. The Morgan fingerprint density at radius 2 is 1.90 bits per heavy atom. The molecule has 0 aliphatic carbocycles. The summed E-state index contributed by atoms with van der Waals surface area (Å²) >= 11 is 0. The van der Waals surface area contributed by atoms with Gasteiger partial charge >= 0.3 is 0 Å². The normalized spacial score (nSPS) is 12.7. The molecular weight excluding hydrogens is 252 g/mol. The van der Waals surface area contributed by atoms with Crippen LogP contribution in [0.1, 0.15) is 50.6 Å². The predicted octanol–water partition coefficient (Wildman–Crippen LogP) is 3.49. The van der Waals surface area contributed by atoms with Crippen molar-refractivity contribution in [1.82, 2.24) is 9.78 Å². The van der Waals surface area contributed by atoms with E-state index in [1.165, 1.54) is 0 Å². The van der Waals surface area contributed by atoms with E-state index in [0.29, 0.717) is 19.1 Å². The second kappa shape index (κ2) is 6.57. The molecule has 0 radical (unpaired) electrons. The Labute approximate surface area is 120 Å². The van der Waals surface area contributed by atoms with Crippen LogP contribution in [0.3, 0.4) is 0 Å². The first kappa shape index (κ1) is 14.6. The van der Waals surface area contributed by atoms with Gasteiger partial charge in [-0.05, 0) is 44.0 Å². The zero-order valence-electron chi connectivity index (χ0n) is 12.3. The number of ether oxygens (including phenoxy) is 1. The van der Waals surface area contributed by atoms with Crippen LogP contribution < -0.4 is 4.74 Å². The molecule has 1 N–H and O–H groups in total. The van der Waals surface area contributed by atoms with Crippen molar-refractivity contribution in [3.8, 4) is 5.75 Å². The SMILES string of the molecule is CC[C@H](O)c1ccc(OCc2ccn(C(C)C)n2)cc1. The van der Waals surface area contributed by atoms with Crippen LogP contribution in [-0.2, 0) is 6.61 Å². The van der Waals surface area contributed by atoms with Crippen molar-refractivity contribution in [2.45, 2.75) is 45.9 Å². The molecule has 1 heterocycles. The van der Waals surface area contributed by atoms with E-state index in [4.69, 9.17) is 4.74 Å². The quantitative estimate of drug-likeness (QED) is 0.877. The molecule has 0 aliphatic heterocycles. The maximum absolute atomic E-state index is 9.73. The van der Waals surface area contributed by atoms with Gasteiger partial charge in [0.1, 0.15) is 12.4 Å². The summed E-state index contributed by atoms with van der Waals surface area (Å²) in [6, 6.07) is 9.89. The van der Waals surface area contributed by atoms with Gasteiger partial charge in [0.2, 0.25) is 0 Å². The van der Waals surface area contributed by atoms with Gasteiger partial charge in [0.15, 0.2) is 0 Å². The first-order chi connectivity index (χ1) is 9.60. The van der Waals surface area contributed by atoms with E-state index in [9.17, 15) is 5.11 Å². The first-order valence-corrected chi connectivity index (χ1v) is 7.05. The van der Waals surface area contributed by atoms with Crippen molar-refractivity contribution in [3.63, 3.8) is 0 Å². The van der Waals surface area contributed by atoms with Gasteiger partial charge in [0.25, 0.3) is 0 Å². The van der Waals surface area contributed by atoms with Crippen molar-refractivity contribution in [2.24, 2.45) is 0 Å². The van der Waals surface area contributed by atoms with Crippen molar-refractivity contribution in [1.29, 1.82) is 0 Å². The minimum atomic E-state index is -0.397. The van der Waals surface area contributed by atoms with Crippen molar-refractivity contribution in [2.75, 3.05) is 0 Å². The molecule has 1 aromatic carbocycles. The van der Waals surface area contributed by atoms with Crippen LogP contribution in [0.15, 0.2) is 36.5 Å². The van der Waals surface area contributed by atoms with Crippen LogP contribution in [0, 0.1) is 0 Å². The summed E-state index contributed by atoms with van der Waals surface area (Å²) in [4.78, 5) is 0. The fourth-order valence-corrected chi connectivity index (χ4v) is 1.92. The number of aliphatic hydroxyl groups excluding tert-OH is 1. The Bertz CT molecular complexity index is 532. The molecule has 0 unspecified atom stereocenters. The van der Waals surface area contributed by atoms with Gasteiger partial charge in [0.05, 0.1) is 11.8 Å². The minimum absolute atomic E-state index is 0.360. The highest BCUT2D eigenvalue weighted by Gasteiger charge is 2.05. The lowest BCUT2D eigenvalue weighted by Gasteiger charge is -2.09. The number of nitrogens with zero attached hydrogens (tertiary/aromatic N) is 2. The number of aromatic nitrogens is 2. The monoisotopic (exact) mass is 274 g/mol. The highest BCUT2D eigenvalue weighted by Crippen LogP contribution is 2.20. The fraction of sp³-hybridized carbons (Fsp3) is 0.438. The summed E-state index contributed by atoms with van der Waals surface area (Å²) in [6.45, 7) is 6.60. The molecule has 4 nitrogen and oxygen atoms in total. The van der Waals surface area contributed by atoms with Crippen LogP contribution in [0.5, 0.6) is 5.75 Å². The van der Waals surface area contributed by atoms with E-state index in [1.807, 2.05) is 48.1 Å². The van der Waals surface area contributed by atoms with Gasteiger partial charge in [-0.15, -0.1) is 0 Å². The molecule has 0 amide bonds. The van der Waals surface area contributed by atoms with Gasteiger partial charge in [-0.2, -0.15) is 5.10 Å². The second-order valence-electron chi connectivity index (χ2n) is 5.16. The van der Waals surface area contributed by atoms with Crippen LogP contribution in [0.2, 0.25) is 0 Å². The van der Waals surface area contributed by atoms with Gasteiger partial charge in [-0.1, -0.05) is 19.1 Å². The van der Waals surface area contributed by atoms with Crippen molar-refractivity contribution in [3.05, 3.63) is 47.8 Å². The van der Waals surface area contributed by atoms with E-state index in [1.54, 1.807) is 0 Å². The standard InChI is InChI=1S/C16H22N2O2/c1-4-16(19)13-5-7-15(8-6-13)20-11-14-9-10-18(17-14)12(2)3/h5-10,12,16,19H,4,11H2,1-3H3/t16-/m0/s1. The highest BCUT2D eigenvalue weighted by atomic mass is 16.5. The molecule has 2 aromatic rings. The highest BCUT2D eigenvalue weighted by molar-refractivity contribution is 5.28. The molecule has 2 rings (SSSR count). The molecule has 108 valence electrons. The predicted molar refractivity (Wildman–Crippen MR) is 78.6 cm³/mol. The first-order valence-electron chi connectivity index (χ1n) is 7.05. The summed E-state index contributed by atoms with van der Waals surface area (Å²) < 4.78 is 7.61. The third-order valence-electron chi connectivity index (χ3n) is 3.23. The lowest BCUT2D eigenvalue weighted by atomic mass is 10.1. The second-order valence-corrected chi connectivity index (χ2v) is 5.16. The summed E-state index contributed by atoms with van der Waals surface area (Å²) in [7, 11) is 0. The topological polar surface area (TPSA) is 47.3 Å². The van der Waals surface area contributed by atoms with Gasteiger partial charge in [-0.3, -0.25) is 4.68 Å². The molecule has 0 fully saturated rings. The number of aliphatic hydroxyl groups is 1. The number of rotatable bonds is 6. The van der Waals surface area contributed by atoms with E-state index < -0.39 is 6.10 Å². The maximum Gasteiger partial charge on any atom is 0.132 e. The summed E-state index contributed by atoms with van der Waals surface area (Å²) in [5, 5.41) is 14.2. The zero-order valence-corrected chi connectivity index (χ0v) is 12.3. The number of benzene rings is 1. The summed E-state index contributed by atoms with van der Waals surface area (Å²) in [5.74, 6) is 0.788. The van der Waals surface area contributed by atoms with E-state index in [2.05, 4.69) is 18.9 Å². The van der Waals surface area contributed by atoms with Crippen LogP contribution in [0.25, 0.3) is 0 Å². The Kier molecular flexibility index (Phi) is 4.79. The average molecular weight is 274 g/mol. The Morgan fingerprint density at radius 1 is 1.20 bits per heavy atom. The average Bonchev–Trinajstić information content (AvgIpc) is 2.94. The molecule has 1 atom stereocenters. The lowest BCUT2D eigenvalue weighted by Crippen LogP contribution is -2.03. The van der Waals surface area contributed by atoms with Gasteiger partial charge in [-0.25, -0.2) is 0 Å². The molecule has 20 heavy (non-hydrogen) atoms. The Balaban J connectivity index is 1.93. The molecule has 1 aromatic heterocycles. The zero-order chi connectivity index (χ0) is 14.5. The number of hydrogen-bond acceptors (Lipinski definition) is 3. The largest absolute Gasteiger partial charge is 0.487 e. The van der Waals surface area contributed by atoms with Crippen LogP contribution in [0.4, 0.5) is 0 Å².